The molecule has 0 saturated heterocycles. The fourth-order valence-corrected chi connectivity index (χ4v) is 1.34. The van der Waals surface area contributed by atoms with Crippen LogP contribution >= 0.6 is 0 Å². The minimum absolute atomic E-state index is 0.242. The molecule has 0 fully saturated rings. The SMILES string of the molecule is COCc1coc2ccc(O)cc12. The molecule has 1 aromatic carbocycles. The summed E-state index contributed by atoms with van der Waals surface area (Å²) in [5, 5.41) is 10.2. The van der Waals surface area contributed by atoms with Gasteiger partial charge in [-0.1, -0.05) is 0 Å². The number of furan rings is 1. The first-order valence-electron chi connectivity index (χ1n) is 3.99. The van der Waals surface area contributed by atoms with E-state index in [1.807, 2.05) is 0 Å². The number of ether oxygens (including phenoxy) is 1. The Kier molecular flexibility index (Phi) is 1.94. The van der Waals surface area contributed by atoms with Gasteiger partial charge in [0.25, 0.3) is 0 Å². The summed E-state index contributed by atoms with van der Waals surface area (Å²) < 4.78 is 10.3. The van der Waals surface area contributed by atoms with E-state index < -0.39 is 0 Å². The van der Waals surface area contributed by atoms with Gasteiger partial charge in [-0.2, -0.15) is 0 Å². The first-order valence-corrected chi connectivity index (χ1v) is 3.99. The molecule has 68 valence electrons. The van der Waals surface area contributed by atoms with Crippen LogP contribution in [0, 0.1) is 0 Å². The van der Waals surface area contributed by atoms with Crippen LogP contribution in [0.5, 0.6) is 5.75 Å². The number of aromatic hydroxyl groups is 1. The van der Waals surface area contributed by atoms with Gasteiger partial charge in [0.1, 0.15) is 11.3 Å². The lowest BCUT2D eigenvalue weighted by Crippen LogP contribution is -1.83. The fourth-order valence-electron chi connectivity index (χ4n) is 1.34. The molecule has 0 bridgehead atoms. The summed E-state index contributed by atoms with van der Waals surface area (Å²) in [4.78, 5) is 0. The van der Waals surface area contributed by atoms with Crippen LogP contribution in [-0.2, 0) is 11.3 Å². The number of phenols is 1. The lowest BCUT2D eigenvalue weighted by Gasteiger charge is -1.95. The Hall–Kier alpha value is -1.48. The smallest absolute Gasteiger partial charge is 0.134 e. The highest BCUT2D eigenvalue weighted by molar-refractivity contribution is 5.82. The largest absolute Gasteiger partial charge is 0.508 e. The van der Waals surface area contributed by atoms with Gasteiger partial charge in [-0.05, 0) is 18.2 Å². The topological polar surface area (TPSA) is 42.6 Å². The minimum Gasteiger partial charge on any atom is -0.508 e. The molecule has 0 aliphatic rings. The van der Waals surface area contributed by atoms with Crippen molar-refractivity contribution in [3.63, 3.8) is 0 Å². The highest BCUT2D eigenvalue weighted by Crippen LogP contribution is 2.25. The molecule has 0 unspecified atom stereocenters. The van der Waals surface area contributed by atoms with Gasteiger partial charge >= 0.3 is 0 Å². The maximum atomic E-state index is 9.26. The van der Waals surface area contributed by atoms with E-state index in [1.165, 1.54) is 0 Å². The molecule has 0 amide bonds. The molecule has 0 radical (unpaired) electrons. The van der Waals surface area contributed by atoms with Crippen molar-refractivity contribution in [2.24, 2.45) is 0 Å². The Morgan fingerprint density at radius 3 is 3.08 bits per heavy atom. The number of phenolic OH excluding ortho intramolecular Hbond substituents is 1. The number of fused-ring (bicyclic) bond motifs is 1. The van der Waals surface area contributed by atoms with Crippen LogP contribution in [0.2, 0.25) is 0 Å². The first kappa shape index (κ1) is 8.13. The molecule has 2 aromatic rings. The molecule has 0 aliphatic carbocycles. The van der Waals surface area contributed by atoms with Crippen molar-refractivity contribution in [3.05, 3.63) is 30.0 Å². The van der Waals surface area contributed by atoms with Crippen molar-refractivity contribution in [2.45, 2.75) is 6.61 Å². The third kappa shape index (κ3) is 1.38. The van der Waals surface area contributed by atoms with E-state index in [4.69, 9.17) is 9.15 Å². The summed E-state index contributed by atoms with van der Waals surface area (Å²) in [6, 6.07) is 5.01. The van der Waals surface area contributed by atoms with Crippen molar-refractivity contribution < 1.29 is 14.3 Å². The van der Waals surface area contributed by atoms with E-state index in [9.17, 15) is 5.11 Å². The molecule has 1 aromatic heterocycles. The number of benzene rings is 1. The van der Waals surface area contributed by atoms with Crippen LogP contribution in [0.3, 0.4) is 0 Å². The van der Waals surface area contributed by atoms with Crippen molar-refractivity contribution >= 4 is 11.0 Å². The van der Waals surface area contributed by atoms with Crippen molar-refractivity contribution in [1.82, 2.24) is 0 Å². The molecule has 3 heteroatoms. The van der Waals surface area contributed by atoms with E-state index in [0.717, 1.165) is 16.5 Å². The molecule has 1 heterocycles. The van der Waals surface area contributed by atoms with Gasteiger partial charge < -0.3 is 14.3 Å². The summed E-state index contributed by atoms with van der Waals surface area (Å²) in [5.74, 6) is 0.242. The molecule has 2 rings (SSSR count). The molecule has 3 nitrogen and oxygen atoms in total. The second-order valence-electron chi connectivity index (χ2n) is 2.87. The van der Waals surface area contributed by atoms with Crippen molar-refractivity contribution in [3.8, 4) is 5.75 Å². The number of rotatable bonds is 2. The van der Waals surface area contributed by atoms with E-state index >= 15 is 0 Å². The summed E-state index contributed by atoms with van der Waals surface area (Å²) in [5.41, 5.74) is 1.72. The van der Waals surface area contributed by atoms with Crippen LogP contribution in [-0.4, -0.2) is 12.2 Å². The van der Waals surface area contributed by atoms with E-state index in [0.29, 0.717) is 6.61 Å². The van der Waals surface area contributed by atoms with Crippen LogP contribution < -0.4 is 0 Å². The fraction of sp³-hybridized carbons (Fsp3) is 0.200. The summed E-state index contributed by atoms with van der Waals surface area (Å²) in [6.45, 7) is 0.496. The Morgan fingerprint density at radius 1 is 1.46 bits per heavy atom. The van der Waals surface area contributed by atoms with Gasteiger partial charge in [-0.25, -0.2) is 0 Å². The molecule has 0 spiro atoms. The number of methoxy groups -OCH3 is 1. The summed E-state index contributed by atoms with van der Waals surface area (Å²) in [6.07, 6.45) is 1.65. The van der Waals surface area contributed by atoms with Gasteiger partial charge in [0.05, 0.1) is 12.9 Å². The Bertz CT molecular complexity index is 417. The minimum atomic E-state index is 0.242. The van der Waals surface area contributed by atoms with Crippen LogP contribution in [0.15, 0.2) is 28.9 Å². The van der Waals surface area contributed by atoms with E-state index in [2.05, 4.69) is 0 Å². The maximum Gasteiger partial charge on any atom is 0.134 e. The van der Waals surface area contributed by atoms with Crippen LogP contribution in [0.4, 0.5) is 0 Å². The first-order chi connectivity index (χ1) is 6.31. The maximum absolute atomic E-state index is 9.26. The highest BCUT2D eigenvalue weighted by Gasteiger charge is 2.05. The molecule has 0 aliphatic heterocycles. The monoisotopic (exact) mass is 178 g/mol. The predicted molar refractivity (Wildman–Crippen MR) is 48.6 cm³/mol. The Labute approximate surface area is 75.5 Å². The van der Waals surface area contributed by atoms with Gasteiger partial charge in [-0.15, -0.1) is 0 Å². The molecule has 0 atom stereocenters. The third-order valence-electron chi connectivity index (χ3n) is 1.94. The molecular weight excluding hydrogens is 168 g/mol. The van der Waals surface area contributed by atoms with Crippen molar-refractivity contribution in [1.29, 1.82) is 0 Å². The van der Waals surface area contributed by atoms with Crippen molar-refractivity contribution in [2.75, 3.05) is 7.11 Å². The zero-order valence-electron chi connectivity index (χ0n) is 7.28. The average Bonchev–Trinajstić information content (AvgIpc) is 2.49. The zero-order chi connectivity index (χ0) is 9.26. The van der Waals surface area contributed by atoms with Crippen LogP contribution in [0.1, 0.15) is 5.56 Å². The highest BCUT2D eigenvalue weighted by atomic mass is 16.5. The van der Waals surface area contributed by atoms with Crippen LogP contribution in [0.25, 0.3) is 11.0 Å². The van der Waals surface area contributed by atoms with E-state index in [-0.39, 0.29) is 5.75 Å². The lowest BCUT2D eigenvalue weighted by atomic mass is 10.2. The average molecular weight is 178 g/mol. The molecular formula is C10H10O3. The summed E-state index contributed by atoms with van der Waals surface area (Å²) in [7, 11) is 1.63. The van der Waals surface area contributed by atoms with Gasteiger partial charge in [0.2, 0.25) is 0 Å². The van der Waals surface area contributed by atoms with Gasteiger partial charge in [0.15, 0.2) is 0 Å². The number of hydrogen-bond acceptors (Lipinski definition) is 3. The molecule has 0 saturated carbocycles. The summed E-state index contributed by atoms with van der Waals surface area (Å²) >= 11 is 0. The Balaban J connectivity index is 2.58. The van der Waals surface area contributed by atoms with Gasteiger partial charge in [0, 0.05) is 18.1 Å². The number of hydrogen-bond donors (Lipinski definition) is 1. The third-order valence-corrected chi connectivity index (χ3v) is 1.94. The second kappa shape index (κ2) is 3.11. The molecule has 1 N–H and O–H groups in total. The normalized spacial score (nSPS) is 10.8. The standard InChI is InChI=1S/C10H10O3/c1-12-5-7-6-13-10-3-2-8(11)4-9(7)10/h2-4,6,11H,5H2,1H3. The second-order valence-corrected chi connectivity index (χ2v) is 2.87. The Morgan fingerprint density at radius 2 is 2.31 bits per heavy atom. The molecule has 13 heavy (non-hydrogen) atoms. The zero-order valence-corrected chi connectivity index (χ0v) is 7.28. The quantitative estimate of drug-likeness (QED) is 0.767. The van der Waals surface area contributed by atoms with E-state index in [1.54, 1.807) is 31.6 Å². The predicted octanol–water partition coefficient (Wildman–Crippen LogP) is 2.28. The lowest BCUT2D eigenvalue weighted by molar-refractivity contribution is 0.185. The van der Waals surface area contributed by atoms with Gasteiger partial charge in [-0.3, -0.25) is 0 Å².